The van der Waals surface area contributed by atoms with Gasteiger partial charge in [-0.05, 0) is 55.4 Å². The molecule has 0 saturated heterocycles. The molecule has 2 aliphatic carbocycles. The van der Waals surface area contributed by atoms with Crippen LogP contribution in [0.1, 0.15) is 81.1 Å². The molecule has 12 nitrogen and oxygen atoms in total. The maximum Gasteiger partial charge on any atom is 0.408 e. The number of hydrogen-bond donors (Lipinski definition) is 4. The third kappa shape index (κ3) is 9.45. The van der Waals surface area contributed by atoms with Crippen molar-refractivity contribution in [3.8, 4) is 0 Å². The standard InChI is InChI=1S/2C12H21NO5/c2*1-5-17-9(15)12(6-8(14)7-12)13-10(16)18-11(2,3)4/h2*8,14H,5-7H2,1-4H3,(H,13,16). The zero-order chi connectivity index (χ0) is 27.9. The molecule has 0 spiro atoms. The molecule has 0 aromatic rings. The van der Waals surface area contributed by atoms with E-state index in [-0.39, 0.29) is 38.9 Å². The molecule has 0 atom stereocenters. The molecule has 0 aliphatic heterocycles. The van der Waals surface area contributed by atoms with Crippen molar-refractivity contribution < 1.29 is 48.3 Å². The first-order valence-electron chi connectivity index (χ1n) is 12.1. The molecule has 2 aliphatic rings. The van der Waals surface area contributed by atoms with Crippen molar-refractivity contribution in [1.82, 2.24) is 10.6 Å². The molecular weight excluding hydrogens is 476 g/mol. The summed E-state index contributed by atoms with van der Waals surface area (Å²) in [5.74, 6) is -1.05. The van der Waals surface area contributed by atoms with E-state index in [1.807, 2.05) is 0 Å². The summed E-state index contributed by atoms with van der Waals surface area (Å²) >= 11 is 0. The first-order chi connectivity index (χ1) is 16.4. The van der Waals surface area contributed by atoms with E-state index >= 15 is 0 Å². The highest BCUT2D eigenvalue weighted by Gasteiger charge is 2.53. The fourth-order valence-corrected chi connectivity index (χ4v) is 3.67. The zero-order valence-corrected chi connectivity index (χ0v) is 22.6. The van der Waals surface area contributed by atoms with Crippen LogP contribution in [0.5, 0.6) is 0 Å². The molecule has 208 valence electrons. The van der Waals surface area contributed by atoms with E-state index in [4.69, 9.17) is 18.9 Å². The number of esters is 2. The van der Waals surface area contributed by atoms with Crippen molar-refractivity contribution in [3.63, 3.8) is 0 Å². The number of nitrogens with one attached hydrogen (secondary N) is 2. The highest BCUT2D eigenvalue weighted by atomic mass is 16.6. The number of amides is 2. The molecule has 4 N–H and O–H groups in total. The SMILES string of the molecule is CCOC(=O)C1(NC(=O)OC(C)(C)C)CC(O)C1.CCOC(=O)C1(NC(=O)OC(C)(C)C)CC(O)C1. The maximum atomic E-state index is 11.8. The van der Waals surface area contributed by atoms with Gasteiger partial charge >= 0.3 is 24.1 Å². The lowest BCUT2D eigenvalue weighted by molar-refractivity contribution is -0.161. The number of hydrogen-bond acceptors (Lipinski definition) is 10. The van der Waals surface area contributed by atoms with Crippen LogP contribution in [0.25, 0.3) is 0 Å². The van der Waals surface area contributed by atoms with Gasteiger partial charge in [-0.1, -0.05) is 0 Å². The zero-order valence-electron chi connectivity index (χ0n) is 22.6. The summed E-state index contributed by atoms with van der Waals surface area (Å²) in [6.45, 7) is 14.2. The van der Waals surface area contributed by atoms with Crippen molar-refractivity contribution in [2.24, 2.45) is 0 Å². The molecule has 0 aromatic heterocycles. The lowest BCUT2D eigenvalue weighted by atomic mass is 9.74. The van der Waals surface area contributed by atoms with Crippen LogP contribution in [-0.4, -0.2) is 82.0 Å². The van der Waals surface area contributed by atoms with Crippen LogP contribution < -0.4 is 10.6 Å². The minimum absolute atomic E-state index is 0.158. The van der Waals surface area contributed by atoms with Crippen molar-refractivity contribution >= 4 is 24.1 Å². The van der Waals surface area contributed by atoms with Gasteiger partial charge in [0.1, 0.15) is 22.3 Å². The van der Waals surface area contributed by atoms with E-state index in [2.05, 4.69) is 10.6 Å². The van der Waals surface area contributed by atoms with E-state index in [0.29, 0.717) is 0 Å². The number of alkyl carbamates (subject to hydrolysis) is 2. The van der Waals surface area contributed by atoms with E-state index in [9.17, 15) is 29.4 Å². The predicted octanol–water partition coefficient (Wildman–Crippen LogP) is 1.94. The fraction of sp³-hybridized carbons (Fsp3) is 0.833. The van der Waals surface area contributed by atoms with Gasteiger partial charge < -0.3 is 39.8 Å². The number of ether oxygens (including phenoxy) is 4. The van der Waals surface area contributed by atoms with Crippen molar-refractivity contribution in [1.29, 1.82) is 0 Å². The highest BCUT2D eigenvalue weighted by molar-refractivity contribution is 5.88. The summed E-state index contributed by atoms with van der Waals surface area (Å²) in [6.07, 6.45) is -1.91. The van der Waals surface area contributed by atoms with E-state index in [0.717, 1.165) is 0 Å². The van der Waals surface area contributed by atoms with Crippen LogP contribution >= 0.6 is 0 Å². The van der Waals surface area contributed by atoms with Gasteiger partial charge in [-0.2, -0.15) is 0 Å². The monoisotopic (exact) mass is 518 g/mol. The Kier molecular flexibility index (Phi) is 10.6. The van der Waals surface area contributed by atoms with Gasteiger partial charge in [-0.3, -0.25) is 0 Å². The minimum atomic E-state index is -1.14. The largest absolute Gasteiger partial charge is 0.464 e. The fourth-order valence-electron chi connectivity index (χ4n) is 3.67. The molecule has 2 fully saturated rings. The molecule has 2 rings (SSSR count). The number of rotatable bonds is 6. The topological polar surface area (TPSA) is 170 Å². The first-order valence-corrected chi connectivity index (χ1v) is 12.1. The van der Waals surface area contributed by atoms with Crippen molar-refractivity contribution in [2.75, 3.05) is 13.2 Å². The average Bonchev–Trinajstić information content (AvgIpc) is 2.62. The van der Waals surface area contributed by atoms with E-state index in [1.54, 1.807) is 55.4 Å². The Hall–Kier alpha value is -2.60. The Morgan fingerprint density at radius 1 is 0.694 bits per heavy atom. The molecule has 2 saturated carbocycles. The molecule has 0 heterocycles. The minimum Gasteiger partial charge on any atom is -0.464 e. The normalized spacial score (nSPS) is 27.1. The van der Waals surface area contributed by atoms with Gasteiger partial charge in [0.2, 0.25) is 0 Å². The quantitative estimate of drug-likeness (QED) is 0.301. The summed E-state index contributed by atoms with van der Waals surface area (Å²) in [4.78, 5) is 46.9. The van der Waals surface area contributed by atoms with Crippen LogP contribution in [0.2, 0.25) is 0 Å². The van der Waals surface area contributed by atoms with Gasteiger partial charge in [-0.25, -0.2) is 19.2 Å². The van der Waals surface area contributed by atoms with Gasteiger partial charge in [0, 0.05) is 25.7 Å². The van der Waals surface area contributed by atoms with Crippen LogP contribution in [0.3, 0.4) is 0 Å². The molecule has 0 aromatic carbocycles. The molecule has 2 amide bonds. The molecule has 12 heteroatoms. The number of aliphatic hydroxyl groups is 2. The molecular formula is C24H42N2O10. The lowest BCUT2D eigenvalue weighted by Crippen LogP contribution is -2.65. The smallest absolute Gasteiger partial charge is 0.408 e. The van der Waals surface area contributed by atoms with Gasteiger partial charge in [-0.15, -0.1) is 0 Å². The van der Waals surface area contributed by atoms with E-state index in [1.165, 1.54) is 0 Å². The molecule has 36 heavy (non-hydrogen) atoms. The number of carbonyl (C=O) groups excluding carboxylic acids is 4. The van der Waals surface area contributed by atoms with Gasteiger partial charge in [0.25, 0.3) is 0 Å². The molecule has 0 unspecified atom stereocenters. The summed E-state index contributed by atoms with van der Waals surface area (Å²) in [5, 5.41) is 23.7. The van der Waals surface area contributed by atoms with Crippen LogP contribution in [0, 0.1) is 0 Å². The van der Waals surface area contributed by atoms with Crippen molar-refractivity contribution in [2.45, 2.75) is 116 Å². The Balaban J connectivity index is 0.000000360. The second-order valence-electron chi connectivity index (χ2n) is 11.0. The first kappa shape index (κ1) is 31.4. The summed E-state index contributed by atoms with van der Waals surface area (Å²) in [6, 6.07) is 0. The molecule has 0 bridgehead atoms. The highest BCUT2D eigenvalue weighted by Crippen LogP contribution is 2.35. The third-order valence-electron chi connectivity index (χ3n) is 5.15. The third-order valence-corrected chi connectivity index (χ3v) is 5.15. The van der Waals surface area contributed by atoms with Gasteiger partial charge in [0.15, 0.2) is 0 Å². The summed E-state index contributed by atoms with van der Waals surface area (Å²) < 4.78 is 20.0. The van der Waals surface area contributed by atoms with Crippen LogP contribution in [0.15, 0.2) is 0 Å². The number of carbonyl (C=O) groups is 4. The Labute approximate surface area is 212 Å². The van der Waals surface area contributed by atoms with Crippen LogP contribution in [0.4, 0.5) is 9.59 Å². The second kappa shape index (κ2) is 12.1. The maximum absolute atomic E-state index is 11.8. The lowest BCUT2D eigenvalue weighted by Gasteiger charge is -2.43. The van der Waals surface area contributed by atoms with Crippen molar-refractivity contribution in [3.05, 3.63) is 0 Å². The Morgan fingerprint density at radius 2 is 0.972 bits per heavy atom. The average molecular weight is 519 g/mol. The Bertz CT molecular complexity index is 722. The number of aliphatic hydroxyl groups excluding tert-OH is 2. The predicted molar refractivity (Wildman–Crippen MR) is 128 cm³/mol. The second-order valence-corrected chi connectivity index (χ2v) is 11.0. The summed E-state index contributed by atoms with van der Waals surface area (Å²) in [5.41, 5.74) is -3.56. The summed E-state index contributed by atoms with van der Waals surface area (Å²) in [7, 11) is 0. The Morgan fingerprint density at radius 3 is 1.17 bits per heavy atom. The van der Waals surface area contributed by atoms with E-state index < -0.39 is 58.6 Å². The molecule has 0 radical (unpaired) electrons. The van der Waals surface area contributed by atoms with Gasteiger partial charge in [0.05, 0.1) is 25.4 Å². The van der Waals surface area contributed by atoms with Crippen LogP contribution in [-0.2, 0) is 28.5 Å².